The van der Waals surface area contributed by atoms with Crippen molar-refractivity contribution in [1.29, 1.82) is 0 Å². The van der Waals surface area contributed by atoms with Crippen LogP contribution in [0.15, 0.2) is 449 Å². The zero-order chi connectivity index (χ0) is 95.1. The minimum Gasteiger partial charge on any atom is -0.309 e. The van der Waals surface area contributed by atoms with Gasteiger partial charge in [0.2, 0.25) is 0 Å². The molecule has 142 heavy (non-hydrogen) atoms. The van der Waals surface area contributed by atoms with Gasteiger partial charge in [-0.15, -0.1) is 0 Å². The average molecular weight is 1820 g/mol. The first kappa shape index (κ1) is 84.5. The summed E-state index contributed by atoms with van der Waals surface area (Å²) < 4.78 is 2.41. The first-order chi connectivity index (χ1) is 69.7. The lowest BCUT2D eigenvalue weighted by molar-refractivity contribution is 0.661. The van der Waals surface area contributed by atoms with E-state index in [1.807, 2.05) is 97.6 Å². The first-order valence-corrected chi connectivity index (χ1v) is 48.7. The van der Waals surface area contributed by atoms with Crippen LogP contribution in [0, 0.1) is 0 Å². The molecule has 3 aliphatic rings. The normalized spacial score (nSPS) is 13.2. The van der Waals surface area contributed by atoms with Gasteiger partial charge in [0.15, 0.2) is 0 Å². The second kappa shape index (κ2) is 33.7. The molecule has 28 rings (SSSR count). The number of hydrogen-bond acceptors (Lipinski definition) is 9. The lowest BCUT2D eigenvalue weighted by Crippen LogP contribution is -2.17. The van der Waals surface area contributed by atoms with Crippen LogP contribution in [0.3, 0.4) is 0 Å². The third-order valence-corrected chi connectivity index (χ3v) is 29.6. The molecule has 0 unspecified atom stereocenters. The van der Waals surface area contributed by atoms with E-state index in [-0.39, 0.29) is 16.2 Å². The molecule has 3 aliphatic carbocycles. The monoisotopic (exact) mass is 1820 g/mol. The molecule has 0 bridgehead atoms. The molecule has 10 aromatic heterocycles. The Hall–Kier alpha value is -18.0. The molecular weight excluding hydrogens is 1730 g/mol. The van der Waals surface area contributed by atoms with E-state index in [9.17, 15) is 0 Å². The van der Waals surface area contributed by atoms with Gasteiger partial charge in [0.25, 0.3) is 0 Å². The molecule has 0 N–H and O–H groups in total. The predicted octanol–water partition coefficient (Wildman–Crippen LogP) is 33.2. The zero-order valence-electron chi connectivity index (χ0n) is 79.2. The second-order valence-corrected chi connectivity index (χ2v) is 39.0. The van der Waals surface area contributed by atoms with Crippen molar-refractivity contribution in [3.05, 3.63) is 483 Å². The van der Waals surface area contributed by atoms with Crippen LogP contribution in [-0.4, -0.2) is 49.4 Å². The van der Waals surface area contributed by atoms with Crippen molar-refractivity contribution in [2.45, 2.75) is 57.8 Å². The Morgan fingerprint density at radius 1 is 0.204 bits per heavy atom. The number of aromatic nitrogens is 10. The summed E-state index contributed by atoms with van der Waals surface area (Å²) in [5.41, 5.74) is 41.1. The van der Waals surface area contributed by atoms with Gasteiger partial charge >= 0.3 is 0 Å². The van der Waals surface area contributed by atoms with E-state index < -0.39 is 0 Å². The van der Waals surface area contributed by atoms with E-state index in [2.05, 4.69) is 413 Å². The fraction of sp³-hybridized carbons (Fsp3) is 0.0682. The van der Waals surface area contributed by atoms with E-state index in [1.54, 1.807) is 0 Å². The van der Waals surface area contributed by atoms with Crippen LogP contribution in [-0.2, 0) is 16.2 Å². The summed E-state index contributed by atoms with van der Waals surface area (Å²) >= 11 is 0. The lowest BCUT2D eigenvalue weighted by atomic mass is 9.77. The Balaban J connectivity index is 0.000000110. The van der Waals surface area contributed by atoms with E-state index >= 15 is 0 Å². The molecule has 0 saturated carbocycles. The van der Waals surface area contributed by atoms with Gasteiger partial charge in [-0.3, -0.25) is 19.9 Å². The molecule has 0 radical (unpaired) electrons. The number of hydrogen-bond donors (Lipinski definition) is 0. The number of fused-ring (bicyclic) bond motifs is 21. The van der Waals surface area contributed by atoms with Gasteiger partial charge in [-0.1, -0.05) is 345 Å². The average Bonchev–Trinajstić information content (AvgIpc) is 1.54. The molecule has 670 valence electrons. The van der Waals surface area contributed by atoms with Crippen LogP contribution in [0.1, 0.15) is 74.9 Å². The van der Waals surface area contributed by atoms with Crippen LogP contribution >= 0.6 is 0 Å². The van der Waals surface area contributed by atoms with Crippen molar-refractivity contribution >= 4 is 86.8 Å². The Morgan fingerprint density at radius 3 is 0.908 bits per heavy atom. The van der Waals surface area contributed by atoms with Crippen molar-refractivity contribution in [1.82, 2.24) is 49.4 Å². The molecule has 0 spiro atoms. The molecule has 0 amide bonds. The standard InChI is InChI=1S/C49H34N4.C43H30N4.C40H28N2/c1-49(2)39-20-9-8-19-38(39)48-47(49)45(46-37-18-7-6-15-32(37)22-25-42(46)53-48)34-17-12-16-33(27-34)36-28-43(40-21-10-11-26-50-40)52-44(29-36)41-24-23-35(30-51-41)31-13-4-3-5-14-31;1-43(2)33-17-6-5-16-32(33)42-41(43)39(40-31-15-4-3-12-27(31)20-21-36(40)47-42)29-14-11-13-28(24-29)30-25-37(34-18-7-9-22-44-34)46-38(26-30)35-19-8-10-23-45-35;1-40(2)32-19-8-5-18-31(32)39-38(40)36(37-28-15-4-3-12-25(28)22-23-33(37)41-39)26-13-11-14-27(24-26)42-34-20-9-6-16-29(34)30-17-7-10-21-35(30)42/h3-30H,1-2H3;3-26H,1-2H3;3-24H,1-2H3. The molecule has 10 nitrogen and oxygen atoms in total. The van der Waals surface area contributed by atoms with E-state index in [1.165, 1.54) is 148 Å². The largest absolute Gasteiger partial charge is 0.309 e. The summed E-state index contributed by atoms with van der Waals surface area (Å²) in [4.78, 5) is 45.1. The van der Waals surface area contributed by atoms with Gasteiger partial charge in [-0.25, -0.2) is 24.9 Å². The van der Waals surface area contributed by atoms with Crippen molar-refractivity contribution < 1.29 is 0 Å². The fourth-order valence-electron chi connectivity index (χ4n) is 23.0. The third kappa shape index (κ3) is 14.0. The third-order valence-electron chi connectivity index (χ3n) is 29.6. The smallest absolute Gasteiger partial charge is 0.0900 e. The summed E-state index contributed by atoms with van der Waals surface area (Å²) in [6.45, 7) is 14.1. The Labute approximate surface area is 822 Å². The highest BCUT2D eigenvalue weighted by Crippen LogP contribution is 2.59. The summed E-state index contributed by atoms with van der Waals surface area (Å²) in [5.74, 6) is 0. The Bertz CT molecular complexity index is 9330. The molecule has 15 aromatic carbocycles. The van der Waals surface area contributed by atoms with Gasteiger partial charge in [-0.05, 0) is 248 Å². The van der Waals surface area contributed by atoms with Gasteiger partial charge in [0.05, 0.1) is 90.2 Å². The quantitative estimate of drug-likeness (QED) is 0.117. The maximum Gasteiger partial charge on any atom is 0.0900 e. The lowest BCUT2D eigenvalue weighted by Gasteiger charge is -2.26. The highest BCUT2D eigenvalue weighted by atomic mass is 15.0. The van der Waals surface area contributed by atoms with Gasteiger partial charge < -0.3 is 4.57 Å². The number of nitrogens with zero attached hydrogens (tertiary/aromatic N) is 10. The highest BCUT2D eigenvalue weighted by molar-refractivity contribution is 6.20. The maximum atomic E-state index is 5.40. The molecule has 0 saturated heterocycles. The molecule has 10 heterocycles. The molecule has 25 aromatic rings. The van der Waals surface area contributed by atoms with Gasteiger partial charge in [0, 0.05) is 95.9 Å². The fourth-order valence-corrected chi connectivity index (χ4v) is 23.0. The number of pyridine rings is 9. The summed E-state index contributed by atoms with van der Waals surface area (Å²) in [6.07, 6.45) is 7.36. The van der Waals surface area contributed by atoms with Crippen molar-refractivity contribution in [3.8, 4) is 152 Å². The Morgan fingerprint density at radius 2 is 0.528 bits per heavy atom. The molecular formula is C132H92N10. The SMILES string of the molecule is CC1(C)c2ccccc2-c2nc3ccc4ccccc4c3c(-c3cccc(-c4cc(-c5ccccn5)nc(-c5ccc(-c6ccccc6)cn5)c4)c3)c21.CC1(C)c2ccccc2-c2nc3ccc4ccccc4c3c(-c3cccc(-c4cc(-c5ccccn5)nc(-c5ccccn5)c4)c3)c21.CC1(C)c2ccccc2-c2nc3ccc4ccccc4c3c(-c3cccc(-n4c5ccccc5c5ccccc54)c3)c21. The Kier molecular flexibility index (Phi) is 20.1. The summed E-state index contributed by atoms with van der Waals surface area (Å²) in [5, 5.41) is 13.5. The molecule has 10 heteroatoms. The molecule has 0 atom stereocenters. The van der Waals surface area contributed by atoms with Crippen LogP contribution in [0.5, 0.6) is 0 Å². The minimum atomic E-state index is -0.247. The van der Waals surface area contributed by atoms with E-state index in [4.69, 9.17) is 29.9 Å². The van der Waals surface area contributed by atoms with E-state index in [0.717, 1.165) is 124 Å². The highest BCUT2D eigenvalue weighted by Gasteiger charge is 2.44. The predicted molar refractivity (Wildman–Crippen MR) is 586 cm³/mol. The maximum absolute atomic E-state index is 5.40. The van der Waals surface area contributed by atoms with Gasteiger partial charge in [0.1, 0.15) is 0 Å². The van der Waals surface area contributed by atoms with E-state index in [0.29, 0.717) is 0 Å². The zero-order valence-corrected chi connectivity index (χ0v) is 79.2. The van der Waals surface area contributed by atoms with Crippen LogP contribution < -0.4 is 0 Å². The number of para-hydroxylation sites is 2. The van der Waals surface area contributed by atoms with Crippen LogP contribution in [0.25, 0.3) is 239 Å². The summed E-state index contributed by atoms with van der Waals surface area (Å²) in [6, 6.07) is 151. The topological polar surface area (TPSA) is 121 Å². The van der Waals surface area contributed by atoms with Crippen LogP contribution in [0.4, 0.5) is 0 Å². The van der Waals surface area contributed by atoms with Crippen molar-refractivity contribution in [2.75, 3.05) is 0 Å². The van der Waals surface area contributed by atoms with Crippen molar-refractivity contribution in [3.63, 3.8) is 0 Å². The molecule has 0 fully saturated rings. The van der Waals surface area contributed by atoms with Gasteiger partial charge in [-0.2, -0.15) is 0 Å². The second-order valence-electron chi connectivity index (χ2n) is 39.0. The van der Waals surface area contributed by atoms with Crippen molar-refractivity contribution in [2.24, 2.45) is 0 Å². The number of rotatable bonds is 11. The summed E-state index contributed by atoms with van der Waals surface area (Å²) in [7, 11) is 0. The van der Waals surface area contributed by atoms with Crippen LogP contribution in [0.2, 0.25) is 0 Å². The molecule has 0 aliphatic heterocycles. The minimum absolute atomic E-state index is 0.192. The number of benzene rings is 15. The first-order valence-electron chi connectivity index (χ1n) is 48.7.